The van der Waals surface area contributed by atoms with Crippen molar-refractivity contribution in [3.63, 3.8) is 0 Å². The maximum absolute atomic E-state index is 12.6. The van der Waals surface area contributed by atoms with Crippen LogP contribution >= 0.6 is 11.8 Å². The van der Waals surface area contributed by atoms with E-state index in [0.29, 0.717) is 0 Å². The molecule has 2 aromatic heterocycles. The fraction of sp³-hybridized carbons (Fsp3) is 0.143. The molecule has 2 heterocycles. The van der Waals surface area contributed by atoms with E-state index >= 15 is 0 Å². The van der Waals surface area contributed by atoms with E-state index in [0.717, 1.165) is 33.0 Å². The molecule has 4 rings (SSSR count). The van der Waals surface area contributed by atoms with Crippen LogP contribution in [0.4, 0.5) is 5.69 Å². The Hall–Kier alpha value is -3.19. The molecule has 0 radical (unpaired) electrons. The van der Waals surface area contributed by atoms with Crippen molar-refractivity contribution in [1.29, 1.82) is 0 Å². The first-order chi connectivity index (χ1) is 13.6. The molecule has 4 aromatic rings. The van der Waals surface area contributed by atoms with E-state index in [2.05, 4.69) is 20.4 Å². The second kappa shape index (κ2) is 7.82. The lowest BCUT2D eigenvalue weighted by Crippen LogP contribution is -2.22. The smallest absolute Gasteiger partial charge is 0.237 e. The highest BCUT2D eigenvalue weighted by Crippen LogP contribution is 2.29. The lowest BCUT2D eigenvalue weighted by molar-refractivity contribution is -0.115. The van der Waals surface area contributed by atoms with Crippen LogP contribution in [0.3, 0.4) is 0 Å². The molecule has 6 nitrogen and oxygen atoms in total. The fourth-order valence-corrected chi connectivity index (χ4v) is 3.66. The number of anilines is 1. The molecule has 0 unspecified atom stereocenters. The van der Waals surface area contributed by atoms with Gasteiger partial charge in [-0.3, -0.25) is 4.79 Å². The zero-order valence-electron chi connectivity index (χ0n) is 15.5. The van der Waals surface area contributed by atoms with E-state index in [1.54, 1.807) is 10.9 Å². The highest BCUT2D eigenvalue weighted by atomic mass is 32.2. The van der Waals surface area contributed by atoms with Gasteiger partial charge in [0.25, 0.3) is 0 Å². The summed E-state index contributed by atoms with van der Waals surface area (Å²) in [5, 5.41) is 8.64. The standard InChI is InChI=1S/C21H19N5OS/c1-14-8-10-16(11-9-14)25-20(27)15(2)28-21-18-12-24-26(19(18)22-13-23-21)17-6-4-3-5-7-17/h3-13,15H,1-2H3,(H,25,27)/t15-/m1/s1. The summed E-state index contributed by atoms with van der Waals surface area (Å²) in [5.74, 6) is -0.0731. The number of aromatic nitrogens is 4. The number of aryl methyl sites for hydroxylation is 1. The Morgan fingerprint density at radius 2 is 1.82 bits per heavy atom. The van der Waals surface area contributed by atoms with Crippen LogP contribution in [0.2, 0.25) is 0 Å². The number of thioether (sulfide) groups is 1. The number of hydrogen-bond donors (Lipinski definition) is 1. The van der Waals surface area contributed by atoms with Gasteiger partial charge >= 0.3 is 0 Å². The summed E-state index contributed by atoms with van der Waals surface area (Å²) < 4.78 is 1.78. The van der Waals surface area contributed by atoms with Crippen LogP contribution in [0.5, 0.6) is 0 Å². The minimum Gasteiger partial charge on any atom is -0.325 e. The van der Waals surface area contributed by atoms with Gasteiger partial charge in [-0.15, -0.1) is 0 Å². The average Bonchev–Trinajstić information content (AvgIpc) is 3.15. The minimum atomic E-state index is -0.320. The molecule has 0 saturated carbocycles. The molecule has 1 N–H and O–H groups in total. The normalized spacial score (nSPS) is 12.1. The van der Waals surface area contributed by atoms with Crippen LogP contribution in [-0.4, -0.2) is 30.9 Å². The first-order valence-corrected chi connectivity index (χ1v) is 9.78. The molecule has 1 amide bonds. The summed E-state index contributed by atoms with van der Waals surface area (Å²) in [4.78, 5) is 21.3. The van der Waals surface area contributed by atoms with Crippen molar-refractivity contribution >= 4 is 34.4 Å². The Balaban J connectivity index is 1.55. The minimum absolute atomic E-state index is 0.0731. The molecule has 0 saturated heterocycles. The predicted octanol–water partition coefficient (Wildman–Crippen LogP) is 4.24. The average molecular weight is 389 g/mol. The molecule has 0 aliphatic heterocycles. The van der Waals surface area contributed by atoms with Crippen molar-refractivity contribution < 1.29 is 4.79 Å². The van der Waals surface area contributed by atoms with Gasteiger partial charge in [-0.25, -0.2) is 14.6 Å². The third-order valence-electron chi connectivity index (χ3n) is 4.31. The molecule has 28 heavy (non-hydrogen) atoms. The Morgan fingerprint density at radius 1 is 1.07 bits per heavy atom. The van der Waals surface area contributed by atoms with Crippen LogP contribution in [0, 0.1) is 6.92 Å². The lowest BCUT2D eigenvalue weighted by atomic mass is 10.2. The lowest BCUT2D eigenvalue weighted by Gasteiger charge is -2.12. The zero-order valence-corrected chi connectivity index (χ0v) is 16.4. The highest BCUT2D eigenvalue weighted by Gasteiger charge is 2.19. The number of fused-ring (bicyclic) bond motifs is 1. The Bertz CT molecular complexity index is 1110. The second-order valence-electron chi connectivity index (χ2n) is 6.42. The number of benzene rings is 2. The van der Waals surface area contributed by atoms with Crippen LogP contribution in [0.1, 0.15) is 12.5 Å². The van der Waals surface area contributed by atoms with Gasteiger partial charge in [0.1, 0.15) is 11.4 Å². The monoisotopic (exact) mass is 389 g/mol. The second-order valence-corrected chi connectivity index (χ2v) is 7.75. The van der Waals surface area contributed by atoms with Crippen molar-refractivity contribution in [2.75, 3.05) is 5.32 Å². The molecule has 0 spiro atoms. The highest BCUT2D eigenvalue weighted by molar-refractivity contribution is 8.00. The van der Waals surface area contributed by atoms with Gasteiger partial charge in [-0.05, 0) is 38.1 Å². The maximum Gasteiger partial charge on any atom is 0.237 e. The van der Waals surface area contributed by atoms with E-state index in [1.807, 2.05) is 68.4 Å². The molecular formula is C21H19N5OS. The van der Waals surface area contributed by atoms with E-state index < -0.39 is 0 Å². The number of rotatable bonds is 5. The summed E-state index contributed by atoms with van der Waals surface area (Å²) in [6.07, 6.45) is 3.26. The number of carbonyl (C=O) groups is 1. The zero-order chi connectivity index (χ0) is 19.5. The molecule has 0 aliphatic rings. The molecule has 140 valence electrons. The molecular weight excluding hydrogens is 370 g/mol. The topological polar surface area (TPSA) is 72.7 Å². The maximum atomic E-state index is 12.6. The SMILES string of the molecule is Cc1ccc(NC(=O)[C@@H](C)Sc2ncnc3c2cnn3-c2ccccc2)cc1. The van der Waals surface area contributed by atoms with Gasteiger partial charge < -0.3 is 5.32 Å². The molecule has 7 heteroatoms. The first-order valence-electron chi connectivity index (χ1n) is 8.90. The predicted molar refractivity (Wildman–Crippen MR) is 112 cm³/mol. The molecule has 1 atom stereocenters. The van der Waals surface area contributed by atoms with Gasteiger partial charge in [0.05, 0.1) is 22.5 Å². The fourth-order valence-electron chi connectivity index (χ4n) is 2.78. The van der Waals surface area contributed by atoms with Crippen molar-refractivity contribution in [2.45, 2.75) is 24.1 Å². The third-order valence-corrected chi connectivity index (χ3v) is 5.42. The van der Waals surface area contributed by atoms with Crippen LogP contribution in [-0.2, 0) is 4.79 Å². The van der Waals surface area contributed by atoms with Gasteiger partial charge in [0.2, 0.25) is 5.91 Å². The van der Waals surface area contributed by atoms with E-state index in [9.17, 15) is 4.79 Å². The van der Waals surface area contributed by atoms with Crippen molar-refractivity contribution in [3.05, 3.63) is 72.7 Å². The van der Waals surface area contributed by atoms with Gasteiger partial charge in [0, 0.05) is 5.69 Å². The summed E-state index contributed by atoms with van der Waals surface area (Å²) in [6.45, 7) is 3.88. The Labute approximate surface area is 167 Å². The largest absolute Gasteiger partial charge is 0.325 e. The Kier molecular flexibility index (Phi) is 5.08. The van der Waals surface area contributed by atoms with Gasteiger partial charge in [0.15, 0.2) is 5.65 Å². The van der Waals surface area contributed by atoms with Crippen molar-refractivity contribution in [2.24, 2.45) is 0 Å². The van der Waals surface area contributed by atoms with Crippen molar-refractivity contribution in [3.8, 4) is 5.69 Å². The molecule has 2 aromatic carbocycles. The number of carbonyl (C=O) groups excluding carboxylic acids is 1. The number of hydrogen-bond acceptors (Lipinski definition) is 5. The first kappa shape index (κ1) is 18.2. The van der Waals surface area contributed by atoms with E-state index in [4.69, 9.17) is 0 Å². The molecule has 0 aliphatic carbocycles. The molecule has 0 bridgehead atoms. The summed E-state index contributed by atoms with van der Waals surface area (Å²) in [5.41, 5.74) is 3.58. The summed E-state index contributed by atoms with van der Waals surface area (Å²) in [6, 6.07) is 17.6. The number of nitrogens with one attached hydrogen (secondary N) is 1. The van der Waals surface area contributed by atoms with Gasteiger partial charge in [-0.2, -0.15) is 5.10 Å². The van der Waals surface area contributed by atoms with E-state index in [1.165, 1.54) is 18.1 Å². The van der Waals surface area contributed by atoms with Crippen molar-refractivity contribution in [1.82, 2.24) is 19.7 Å². The number of nitrogens with zero attached hydrogens (tertiary/aromatic N) is 4. The Morgan fingerprint density at radius 3 is 2.57 bits per heavy atom. The number of amides is 1. The van der Waals surface area contributed by atoms with Crippen LogP contribution in [0.15, 0.2) is 72.1 Å². The van der Waals surface area contributed by atoms with Gasteiger partial charge in [-0.1, -0.05) is 47.7 Å². The number of para-hydroxylation sites is 1. The van der Waals surface area contributed by atoms with Crippen LogP contribution < -0.4 is 5.32 Å². The molecule has 0 fully saturated rings. The summed E-state index contributed by atoms with van der Waals surface area (Å²) in [7, 11) is 0. The summed E-state index contributed by atoms with van der Waals surface area (Å²) >= 11 is 1.40. The van der Waals surface area contributed by atoms with Crippen LogP contribution in [0.25, 0.3) is 16.7 Å². The quantitative estimate of drug-likeness (QED) is 0.408. The van der Waals surface area contributed by atoms with E-state index in [-0.39, 0.29) is 11.2 Å². The third kappa shape index (κ3) is 3.75.